The number of hydrogen-bond donors (Lipinski definition) is 0. The van der Waals surface area contributed by atoms with Crippen molar-refractivity contribution in [2.75, 3.05) is 0 Å². The van der Waals surface area contributed by atoms with Crippen LogP contribution >= 0.6 is 0 Å². The van der Waals surface area contributed by atoms with Crippen LogP contribution in [0.5, 0.6) is 0 Å². The van der Waals surface area contributed by atoms with Crippen LogP contribution in [-0.4, -0.2) is 32.8 Å². The van der Waals surface area contributed by atoms with Gasteiger partial charge in [0.2, 0.25) is 0 Å². The number of hydrogen-bond acceptors (Lipinski definition) is 12. The van der Waals surface area contributed by atoms with E-state index < -0.39 is 0 Å². The second-order valence-electron chi connectivity index (χ2n) is 16.6. The van der Waals surface area contributed by atoms with E-state index in [0.717, 1.165) is 68.4 Å². The Morgan fingerprint density at radius 2 is 0.456 bits per heavy atom. The van der Waals surface area contributed by atoms with Gasteiger partial charge in [0.25, 0.3) is 0 Å². The molecule has 0 aliphatic carbocycles. The van der Waals surface area contributed by atoms with Gasteiger partial charge < -0.3 is 0 Å². The molecule has 4 aromatic carbocycles. The molecule has 0 aliphatic heterocycles. The third-order valence-corrected chi connectivity index (χ3v) is 10.6. The zero-order valence-corrected chi connectivity index (χ0v) is 44.4. The van der Waals surface area contributed by atoms with Gasteiger partial charge in [-0.05, 0) is 180 Å². The second-order valence-corrected chi connectivity index (χ2v) is 16.6. The van der Waals surface area contributed by atoms with Crippen LogP contribution in [0.2, 0.25) is 0 Å². The van der Waals surface area contributed by atoms with E-state index >= 15 is 0 Å². The first-order chi connectivity index (χ1) is 31.3. The largest absolute Gasteiger partial charge is 0.251 e. The smallest absolute Gasteiger partial charge is 0.0849 e. The van der Waals surface area contributed by atoms with E-state index in [-0.39, 0.29) is 34.1 Å². The zero-order valence-electron chi connectivity index (χ0n) is 42.2. The standard InChI is InChI=1S/2C27H31N3.2Fe.3N2/c2*1-16-12-18(3)26(19(4)13-16)28-22(7)24-10-9-11-25(30-24)23(8)29-27-20(5)14-17(2)15-21(27)6;;;3*1-2/h2*9-15H,1-8H3;;;;;. The minimum atomic E-state index is 0. The number of benzene rings is 4. The van der Waals surface area contributed by atoms with Crippen LogP contribution in [0.3, 0.4) is 0 Å². The SMILES string of the molecule is CC(=Nc1c(C)cc(C)cc1C)c1cccc(C(C)=Nc2c(C)cc(C)cc2C)n1.CC(=Nc1c(C)cc(C)cc1C)c1cccc(C(C)=Nc2c(C)cc(C)cc2C)n1.N#N.N#N.N#N.[Fe].[Fe]. The van der Waals surface area contributed by atoms with Crippen LogP contribution in [-0.2, 0) is 34.1 Å². The molecule has 2 aromatic heterocycles. The molecule has 12 nitrogen and oxygen atoms in total. The van der Waals surface area contributed by atoms with Crippen molar-refractivity contribution in [2.45, 2.75) is 111 Å². The monoisotopic (exact) mass is 990 g/mol. The van der Waals surface area contributed by atoms with E-state index in [9.17, 15) is 0 Å². The van der Waals surface area contributed by atoms with E-state index in [1.807, 2.05) is 64.1 Å². The summed E-state index contributed by atoms with van der Waals surface area (Å²) in [4.78, 5) is 29.3. The maximum absolute atomic E-state index is 6.00. The molecule has 0 atom stereocenters. The molecular formula is C54H62Fe2N12. The Morgan fingerprint density at radius 3 is 0.603 bits per heavy atom. The molecule has 0 N–H and O–H groups in total. The van der Waals surface area contributed by atoms with Crippen LogP contribution in [0.4, 0.5) is 22.7 Å². The Kier molecular flexibility index (Phi) is 26.1. The molecular weight excluding hydrogens is 928 g/mol. The number of aliphatic imine (C=N–C) groups is 4. The fourth-order valence-corrected chi connectivity index (χ4v) is 7.97. The van der Waals surface area contributed by atoms with Crippen molar-refractivity contribution in [3.63, 3.8) is 0 Å². The van der Waals surface area contributed by atoms with Gasteiger partial charge in [-0.3, -0.25) is 20.0 Å². The van der Waals surface area contributed by atoms with Crippen LogP contribution in [0, 0.1) is 115 Å². The van der Waals surface area contributed by atoms with Crippen molar-refractivity contribution in [2.24, 2.45) is 20.0 Å². The van der Waals surface area contributed by atoms with Gasteiger partial charge in [-0.1, -0.05) is 82.9 Å². The van der Waals surface area contributed by atoms with Crippen molar-refractivity contribution in [1.29, 1.82) is 32.4 Å². The third kappa shape index (κ3) is 16.8. The maximum atomic E-state index is 6.00. The fourth-order valence-electron chi connectivity index (χ4n) is 7.97. The minimum Gasteiger partial charge on any atom is -0.251 e. The molecule has 2 heterocycles. The van der Waals surface area contributed by atoms with Gasteiger partial charge in [-0.2, -0.15) is 0 Å². The number of pyridine rings is 2. The van der Waals surface area contributed by atoms with E-state index in [0.29, 0.717) is 0 Å². The van der Waals surface area contributed by atoms with Crippen molar-refractivity contribution in [1.82, 2.24) is 9.97 Å². The van der Waals surface area contributed by atoms with Crippen molar-refractivity contribution >= 4 is 45.6 Å². The van der Waals surface area contributed by atoms with Crippen LogP contribution in [0.25, 0.3) is 0 Å². The summed E-state index contributed by atoms with van der Waals surface area (Å²) in [5, 5.41) is 36.0. The molecule has 0 spiro atoms. The molecule has 354 valence electrons. The Bertz CT molecular complexity index is 2410. The Balaban J connectivity index is 0.00000116. The number of aromatic nitrogens is 2. The Morgan fingerprint density at radius 1 is 0.309 bits per heavy atom. The average Bonchev–Trinajstić information content (AvgIpc) is 3.28. The van der Waals surface area contributed by atoms with Crippen LogP contribution in [0.1, 0.15) is 117 Å². The molecule has 0 unspecified atom stereocenters. The predicted molar refractivity (Wildman–Crippen MR) is 269 cm³/mol. The second kappa shape index (κ2) is 29.0. The summed E-state index contributed by atoms with van der Waals surface area (Å²) >= 11 is 0. The predicted octanol–water partition coefficient (Wildman–Crippen LogP) is 14.5. The fraction of sp³-hybridized carbons (Fsp3) is 0.296. The van der Waals surface area contributed by atoms with Gasteiger partial charge in [-0.15, -0.1) is 0 Å². The average molecular weight is 991 g/mol. The van der Waals surface area contributed by atoms with Crippen LogP contribution in [0.15, 0.2) is 105 Å². The molecule has 0 fully saturated rings. The van der Waals surface area contributed by atoms with Crippen LogP contribution < -0.4 is 0 Å². The quantitative estimate of drug-likeness (QED) is 0.0809. The normalized spacial score (nSPS) is 11.0. The van der Waals surface area contributed by atoms with Gasteiger partial charge in [0.15, 0.2) is 0 Å². The molecule has 6 rings (SSSR count). The van der Waals surface area contributed by atoms with Gasteiger partial charge in [0.1, 0.15) is 0 Å². The van der Waals surface area contributed by atoms with Gasteiger partial charge in [0, 0.05) is 66.5 Å². The summed E-state index contributed by atoms with van der Waals surface area (Å²) in [6.07, 6.45) is 0. The van der Waals surface area contributed by atoms with Gasteiger partial charge >= 0.3 is 0 Å². The van der Waals surface area contributed by atoms with E-state index in [1.54, 1.807) is 0 Å². The third-order valence-electron chi connectivity index (χ3n) is 10.6. The maximum Gasteiger partial charge on any atom is 0.0849 e. The molecule has 68 heavy (non-hydrogen) atoms. The van der Waals surface area contributed by atoms with Crippen molar-refractivity contribution < 1.29 is 34.1 Å². The summed E-state index contributed by atoms with van der Waals surface area (Å²) < 4.78 is 0. The molecule has 0 aliphatic rings. The first-order valence-electron chi connectivity index (χ1n) is 21.4. The van der Waals surface area contributed by atoms with E-state index in [4.69, 9.17) is 62.3 Å². The molecule has 0 bridgehead atoms. The Hall–Kier alpha value is -6.84. The Labute approximate surface area is 425 Å². The van der Waals surface area contributed by atoms with Crippen molar-refractivity contribution in [3.05, 3.63) is 174 Å². The number of rotatable bonds is 8. The minimum absolute atomic E-state index is 0. The topological polar surface area (TPSA) is 218 Å². The number of aryl methyl sites for hydroxylation is 12. The summed E-state index contributed by atoms with van der Waals surface area (Å²) in [6, 6.07) is 29.5. The van der Waals surface area contributed by atoms with Crippen molar-refractivity contribution in [3.8, 4) is 0 Å². The summed E-state index contributed by atoms with van der Waals surface area (Å²) in [5.41, 5.74) is 25.8. The first-order valence-corrected chi connectivity index (χ1v) is 21.4. The summed E-state index contributed by atoms with van der Waals surface area (Å²) in [6.45, 7) is 33.4. The molecule has 14 heteroatoms. The summed E-state index contributed by atoms with van der Waals surface area (Å²) in [7, 11) is 0. The molecule has 0 radical (unpaired) electrons. The molecule has 0 saturated carbocycles. The molecule has 6 aromatic rings. The van der Waals surface area contributed by atoms with Gasteiger partial charge in [0.05, 0.1) is 68.4 Å². The van der Waals surface area contributed by atoms with Gasteiger partial charge in [-0.25, -0.2) is 9.97 Å². The molecule has 0 amide bonds. The number of nitrogens with zero attached hydrogens (tertiary/aromatic N) is 12. The molecule has 0 saturated heterocycles. The summed E-state index contributed by atoms with van der Waals surface area (Å²) in [5.74, 6) is 0. The first kappa shape index (κ1) is 61.2. The zero-order chi connectivity index (χ0) is 50.0. The van der Waals surface area contributed by atoms with E-state index in [1.165, 1.54) is 66.8 Å². The van der Waals surface area contributed by atoms with E-state index in [2.05, 4.69) is 132 Å².